The normalized spacial score (nSPS) is 28.0. The minimum Gasteiger partial charge on any atom is -0.373 e. The summed E-state index contributed by atoms with van der Waals surface area (Å²) in [7, 11) is -3.07. The Hall–Kier alpha value is -0.600. The fourth-order valence-electron chi connectivity index (χ4n) is 0.750. The van der Waals surface area contributed by atoms with Gasteiger partial charge >= 0.3 is 0 Å². The van der Waals surface area contributed by atoms with Crippen LogP contribution in [0.25, 0.3) is 0 Å². The van der Waals surface area contributed by atoms with Gasteiger partial charge in [-0.15, -0.1) is 0 Å². The maximum Gasteiger partial charge on any atom is 0.178 e. The van der Waals surface area contributed by atoms with Crippen LogP contribution in [0.5, 0.6) is 0 Å². The largest absolute Gasteiger partial charge is 0.373 e. The lowest BCUT2D eigenvalue weighted by molar-refractivity contribution is 0.131. The van der Waals surface area contributed by atoms with Crippen LogP contribution in [0.15, 0.2) is 0 Å². The van der Waals surface area contributed by atoms with Crippen molar-refractivity contribution in [2.45, 2.75) is 5.60 Å². The van der Waals surface area contributed by atoms with Gasteiger partial charge in [-0.1, -0.05) is 0 Å². The zero-order valence-corrected chi connectivity index (χ0v) is 5.35. The first-order valence-corrected chi connectivity index (χ1v) is 4.14. The summed E-state index contributed by atoms with van der Waals surface area (Å²) < 4.78 is 20.7. The Kier molecular flexibility index (Phi) is 1.06. The standard InChI is InChI=1S/C4H5NO3S/c5-1-4(6)2-9(7,8)3-4/h6H,2-3H2. The molecule has 1 aliphatic heterocycles. The third-order valence-electron chi connectivity index (χ3n) is 1.13. The maximum absolute atomic E-state index is 10.4. The predicted octanol–water partition coefficient (Wildman–Crippen LogP) is -1.33. The Balaban J connectivity index is 2.76. The lowest BCUT2D eigenvalue weighted by atomic mass is 10.1. The van der Waals surface area contributed by atoms with Gasteiger partial charge in [0.2, 0.25) is 0 Å². The van der Waals surface area contributed by atoms with Crippen LogP contribution in [0, 0.1) is 11.3 Å². The molecule has 4 nitrogen and oxygen atoms in total. The van der Waals surface area contributed by atoms with Crippen molar-refractivity contribution in [1.29, 1.82) is 5.26 Å². The Morgan fingerprint density at radius 1 is 1.56 bits per heavy atom. The van der Waals surface area contributed by atoms with Gasteiger partial charge in [0.15, 0.2) is 15.4 Å². The fraction of sp³-hybridized carbons (Fsp3) is 0.750. The molecule has 0 saturated carbocycles. The van der Waals surface area contributed by atoms with E-state index in [2.05, 4.69) is 0 Å². The van der Waals surface area contributed by atoms with Crippen LogP contribution >= 0.6 is 0 Å². The monoisotopic (exact) mass is 147 g/mol. The molecule has 0 aromatic rings. The molecule has 0 spiro atoms. The molecule has 5 heteroatoms. The molecule has 0 amide bonds. The van der Waals surface area contributed by atoms with Crippen LogP contribution in [-0.2, 0) is 9.84 Å². The van der Waals surface area contributed by atoms with Crippen LogP contribution in [0.4, 0.5) is 0 Å². The van der Waals surface area contributed by atoms with Gasteiger partial charge in [0.1, 0.15) is 0 Å². The zero-order valence-electron chi connectivity index (χ0n) is 4.53. The molecule has 1 rings (SSSR count). The molecule has 1 N–H and O–H groups in total. The Morgan fingerprint density at radius 3 is 2.11 bits per heavy atom. The molecule has 1 saturated heterocycles. The van der Waals surface area contributed by atoms with Crippen LogP contribution in [-0.4, -0.2) is 30.6 Å². The Labute approximate surface area is 52.6 Å². The highest BCUT2D eigenvalue weighted by atomic mass is 32.2. The Bertz CT molecular complexity index is 248. The highest BCUT2D eigenvalue weighted by molar-refractivity contribution is 7.93. The van der Waals surface area contributed by atoms with Crippen LogP contribution in [0.3, 0.4) is 0 Å². The molecular weight excluding hydrogens is 142 g/mol. The van der Waals surface area contributed by atoms with Crippen molar-refractivity contribution in [1.82, 2.24) is 0 Å². The van der Waals surface area contributed by atoms with Gasteiger partial charge in [0.25, 0.3) is 0 Å². The molecule has 0 unspecified atom stereocenters. The first-order chi connectivity index (χ1) is 3.97. The first-order valence-electron chi connectivity index (χ1n) is 2.32. The van der Waals surface area contributed by atoms with Gasteiger partial charge in [-0.05, 0) is 0 Å². The number of aliphatic hydroxyl groups is 1. The molecule has 1 fully saturated rings. The minimum atomic E-state index is -3.07. The first kappa shape index (κ1) is 6.52. The van der Waals surface area contributed by atoms with Gasteiger partial charge in [-0.25, -0.2) is 8.42 Å². The predicted molar refractivity (Wildman–Crippen MR) is 29.2 cm³/mol. The molecule has 50 valence electrons. The van der Waals surface area contributed by atoms with E-state index in [9.17, 15) is 8.42 Å². The summed E-state index contributed by atoms with van der Waals surface area (Å²) in [6, 6.07) is 1.51. The average Bonchev–Trinajstić information content (AvgIpc) is 1.61. The van der Waals surface area contributed by atoms with Crippen molar-refractivity contribution >= 4 is 9.84 Å². The van der Waals surface area contributed by atoms with E-state index in [1.54, 1.807) is 0 Å². The van der Waals surface area contributed by atoms with E-state index in [4.69, 9.17) is 10.4 Å². The number of hydrogen-bond donors (Lipinski definition) is 1. The number of sulfone groups is 1. The highest BCUT2D eigenvalue weighted by Gasteiger charge is 2.47. The van der Waals surface area contributed by atoms with Crippen molar-refractivity contribution in [2.24, 2.45) is 0 Å². The quantitative estimate of drug-likeness (QED) is 0.430. The van der Waals surface area contributed by atoms with E-state index in [-0.39, 0.29) is 0 Å². The SMILES string of the molecule is N#CC1(O)CS(=O)(=O)C1. The molecule has 0 bridgehead atoms. The van der Waals surface area contributed by atoms with Crippen molar-refractivity contribution in [2.75, 3.05) is 11.5 Å². The summed E-state index contributed by atoms with van der Waals surface area (Å²) in [5.41, 5.74) is -1.58. The molecule has 0 aromatic heterocycles. The number of nitrogens with zero attached hydrogens (tertiary/aromatic N) is 1. The lowest BCUT2D eigenvalue weighted by Crippen LogP contribution is -2.53. The van der Waals surface area contributed by atoms with E-state index < -0.39 is 26.9 Å². The second kappa shape index (κ2) is 1.46. The van der Waals surface area contributed by atoms with Crippen molar-refractivity contribution < 1.29 is 13.5 Å². The van der Waals surface area contributed by atoms with Gasteiger partial charge in [-0.3, -0.25) is 0 Å². The summed E-state index contributed by atoms with van der Waals surface area (Å²) >= 11 is 0. The fourth-order valence-corrected chi connectivity index (χ4v) is 2.25. The second-order valence-corrected chi connectivity index (χ2v) is 4.24. The van der Waals surface area contributed by atoms with Crippen LogP contribution < -0.4 is 0 Å². The third kappa shape index (κ3) is 1.04. The number of hydrogen-bond acceptors (Lipinski definition) is 4. The van der Waals surface area contributed by atoms with Gasteiger partial charge in [-0.2, -0.15) is 5.26 Å². The van der Waals surface area contributed by atoms with Crippen molar-refractivity contribution in [3.8, 4) is 6.07 Å². The average molecular weight is 147 g/mol. The van der Waals surface area contributed by atoms with Gasteiger partial charge in [0.05, 0.1) is 17.6 Å². The molecule has 0 atom stereocenters. The van der Waals surface area contributed by atoms with Crippen molar-refractivity contribution in [3.63, 3.8) is 0 Å². The summed E-state index contributed by atoms with van der Waals surface area (Å²) in [5, 5.41) is 16.9. The number of rotatable bonds is 0. The molecule has 1 heterocycles. The van der Waals surface area contributed by atoms with Crippen molar-refractivity contribution in [3.05, 3.63) is 0 Å². The molecule has 9 heavy (non-hydrogen) atoms. The van der Waals surface area contributed by atoms with Gasteiger partial charge < -0.3 is 5.11 Å². The second-order valence-electron chi connectivity index (χ2n) is 2.18. The van der Waals surface area contributed by atoms with Gasteiger partial charge in [0, 0.05) is 0 Å². The van der Waals surface area contributed by atoms with E-state index >= 15 is 0 Å². The summed E-state index contributed by atoms with van der Waals surface area (Å²) in [4.78, 5) is 0. The zero-order chi connectivity index (χ0) is 7.12. The van der Waals surface area contributed by atoms with E-state index in [0.717, 1.165) is 0 Å². The third-order valence-corrected chi connectivity index (χ3v) is 2.96. The topological polar surface area (TPSA) is 78.2 Å². The summed E-state index contributed by atoms with van der Waals surface area (Å²) in [5.74, 6) is -0.812. The van der Waals surface area contributed by atoms with E-state index in [1.807, 2.05) is 0 Å². The van der Waals surface area contributed by atoms with Crippen LogP contribution in [0.2, 0.25) is 0 Å². The number of nitriles is 1. The summed E-state index contributed by atoms with van der Waals surface area (Å²) in [6.07, 6.45) is 0. The molecular formula is C4H5NO3S. The van der Waals surface area contributed by atoms with E-state index in [1.165, 1.54) is 6.07 Å². The van der Waals surface area contributed by atoms with E-state index in [0.29, 0.717) is 0 Å². The smallest absolute Gasteiger partial charge is 0.178 e. The highest BCUT2D eigenvalue weighted by Crippen LogP contribution is 2.21. The molecule has 1 aliphatic rings. The molecule has 0 aromatic carbocycles. The Morgan fingerprint density at radius 2 is 2.00 bits per heavy atom. The summed E-state index contributed by atoms with van der Waals surface area (Å²) in [6.45, 7) is 0. The molecule has 0 radical (unpaired) electrons. The lowest BCUT2D eigenvalue weighted by Gasteiger charge is -2.28. The van der Waals surface area contributed by atoms with Crippen LogP contribution in [0.1, 0.15) is 0 Å². The minimum absolute atomic E-state index is 0.406. The maximum atomic E-state index is 10.4. The molecule has 0 aliphatic carbocycles.